The van der Waals surface area contributed by atoms with E-state index in [0.717, 1.165) is 39.2 Å². The Bertz CT molecular complexity index is 141. The first-order valence-electron chi connectivity index (χ1n) is 5.91. The molecule has 1 fully saturated rings. The highest BCUT2D eigenvalue weighted by Crippen LogP contribution is 2.07. The zero-order valence-electron chi connectivity index (χ0n) is 9.59. The first-order chi connectivity index (χ1) is 6.86. The lowest BCUT2D eigenvalue weighted by Gasteiger charge is -2.32. The number of nitrogens with zero attached hydrogens (tertiary/aromatic N) is 1. The Balaban J connectivity index is 2.05. The summed E-state index contributed by atoms with van der Waals surface area (Å²) in [6.45, 7) is 11.0. The minimum absolute atomic E-state index is 0.475. The molecule has 1 aliphatic rings. The fourth-order valence-electron chi connectivity index (χ4n) is 1.83. The lowest BCUT2D eigenvalue weighted by Crippen LogP contribution is -2.43. The van der Waals surface area contributed by atoms with E-state index in [1.54, 1.807) is 0 Å². The minimum Gasteiger partial charge on any atom is -0.376 e. The topological polar surface area (TPSA) is 24.5 Å². The molecule has 0 spiro atoms. The maximum atomic E-state index is 5.63. The monoisotopic (exact) mass is 200 g/mol. The van der Waals surface area contributed by atoms with Crippen LogP contribution in [0.5, 0.6) is 0 Å². The van der Waals surface area contributed by atoms with Gasteiger partial charge < -0.3 is 10.1 Å². The van der Waals surface area contributed by atoms with Crippen molar-refractivity contribution in [2.45, 2.75) is 32.8 Å². The molecule has 0 amide bonds. The van der Waals surface area contributed by atoms with Crippen LogP contribution in [0.3, 0.4) is 0 Å². The Hall–Kier alpha value is -0.120. The van der Waals surface area contributed by atoms with E-state index in [2.05, 4.69) is 24.1 Å². The van der Waals surface area contributed by atoms with Gasteiger partial charge in [0.1, 0.15) is 0 Å². The summed E-state index contributed by atoms with van der Waals surface area (Å²) in [5.74, 6) is 0. The summed E-state index contributed by atoms with van der Waals surface area (Å²) in [5, 5.41) is 3.36. The fourth-order valence-corrected chi connectivity index (χ4v) is 1.83. The minimum atomic E-state index is 0.475. The number of rotatable bonds is 6. The zero-order chi connectivity index (χ0) is 10.2. The SMILES string of the molecule is CCNCCCN1CCOC(CC)C1. The van der Waals surface area contributed by atoms with Crippen molar-refractivity contribution in [3.8, 4) is 0 Å². The van der Waals surface area contributed by atoms with Gasteiger partial charge in [0.15, 0.2) is 0 Å². The van der Waals surface area contributed by atoms with Crippen LogP contribution in [0.4, 0.5) is 0 Å². The van der Waals surface area contributed by atoms with Crippen LogP contribution in [0.15, 0.2) is 0 Å². The average molecular weight is 200 g/mol. The second kappa shape index (κ2) is 7.21. The lowest BCUT2D eigenvalue weighted by atomic mass is 10.2. The molecule has 1 unspecified atom stereocenters. The van der Waals surface area contributed by atoms with Crippen molar-refractivity contribution in [1.29, 1.82) is 0 Å². The summed E-state index contributed by atoms with van der Waals surface area (Å²) >= 11 is 0. The molecule has 0 saturated carbocycles. The number of nitrogens with one attached hydrogen (secondary N) is 1. The summed E-state index contributed by atoms with van der Waals surface area (Å²) in [5.41, 5.74) is 0. The molecule has 3 heteroatoms. The van der Waals surface area contributed by atoms with Crippen molar-refractivity contribution in [3.63, 3.8) is 0 Å². The molecule has 1 saturated heterocycles. The van der Waals surface area contributed by atoms with Crippen LogP contribution in [-0.4, -0.2) is 50.3 Å². The van der Waals surface area contributed by atoms with Crippen LogP contribution in [0.2, 0.25) is 0 Å². The predicted octanol–water partition coefficient (Wildman–Crippen LogP) is 1.10. The van der Waals surface area contributed by atoms with Crippen molar-refractivity contribution >= 4 is 0 Å². The third kappa shape index (κ3) is 4.40. The normalized spacial score (nSPS) is 24.0. The van der Waals surface area contributed by atoms with Crippen molar-refractivity contribution in [1.82, 2.24) is 10.2 Å². The number of morpholine rings is 1. The largest absolute Gasteiger partial charge is 0.376 e. The third-order valence-electron chi connectivity index (χ3n) is 2.76. The van der Waals surface area contributed by atoms with Crippen LogP contribution < -0.4 is 5.32 Å². The summed E-state index contributed by atoms with van der Waals surface area (Å²) in [4.78, 5) is 2.52. The second-order valence-electron chi connectivity index (χ2n) is 3.91. The molecule has 0 radical (unpaired) electrons. The molecule has 1 aliphatic heterocycles. The Kier molecular flexibility index (Phi) is 6.15. The number of ether oxygens (including phenoxy) is 1. The molecule has 0 aromatic heterocycles. The predicted molar refractivity (Wildman–Crippen MR) is 59.6 cm³/mol. The summed E-state index contributed by atoms with van der Waals surface area (Å²) in [6, 6.07) is 0. The fraction of sp³-hybridized carbons (Fsp3) is 1.00. The Morgan fingerprint density at radius 2 is 2.29 bits per heavy atom. The van der Waals surface area contributed by atoms with Crippen molar-refractivity contribution < 1.29 is 4.74 Å². The first-order valence-corrected chi connectivity index (χ1v) is 5.91. The molecule has 1 N–H and O–H groups in total. The molecule has 3 nitrogen and oxygen atoms in total. The smallest absolute Gasteiger partial charge is 0.0700 e. The Morgan fingerprint density at radius 1 is 1.43 bits per heavy atom. The molecule has 0 aromatic rings. The Labute approximate surface area is 87.8 Å². The van der Waals surface area contributed by atoms with Gasteiger partial charge in [0.2, 0.25) is 0 Å². The molecule has 0 aromatic carbocycles. The van der Waals surface area contributed by atoms with Gasteiger partial charge in [0.25, 0.3) is 0 Å². The molecule has 1 heterocycles. The van der Waals surface area contributed by atoms with Gasteiger partial charge >= 0.3 is 0 Å². The van der Waals surface area contributed by atoms with E-state index in [4.69, 9.17) is 4.74 Å². The molecular formula is C11H24N2O. The van der Waals surface area contributed by atoms with Crippen LogP contribution in [0.25, 0.3) is 0 Å². The van der Waals surface area contributed by atoms with Crippen molar-refractivity contribution in [3.05, 3.63) is 0 Å². The van der Waals surface area contributed by atoms with E-state index in [-0.39, 0.29) is 0 Å². The maximum Gasteiger partial charge on any atom is 0.0700 e. The second-order valence-corrected chi connectivity index (χ2v) is 3.91. The van der Waals surface area contributed by atoms with E-state index in [0.29, 0.717) is 6.10 Å². The number of hydrogen-bond acceptors (Lipinski definition) is 3. The highest BCUT2D eigenvalue weighted by Gasteiger charge is 2.17. The van der Waals surface area contributed by atoms with E-state index in [1.165, 1.54) is 13.0 Å². The summed E-state index contributed by atoms with van der Waals surface area (Å²) < 4.78 is 5.63. The van der Waals surface area contributed by atoms with Gasteiger partial charge in [-0.2, -0.15) is 0 Å². The molecular weight excluding hydrogens is 176 g/mol. The lowest BCUT2D eigenvalue weighted by molar-refractivity contribution is -0.0297. The molecule has 14 heavy (non-hydrogen) atoms. The van der Waals surface area contributed by atoms with Crippen molar-refractivity contribution in [2.24, 2.45) is 0 Å². The molecule has 1 atom stereocenters. The molecule has 84 valence electrons. The summed E-state index contributed by atoms with van der Waals surface area (Å²) in [6.07, 6.45) is 2.87. The number of hydrogen-bond donors (Lipinski definition) is 1. The van der Waals surface area contributed by atoms with Gasteiger partial charge in [-0.1, -0.05) is 13.8 Å². The van der Waals surface area contributed by atoms with Gasteiger partial charge in [-0.3, -0.25) is 4.90 Å². The third-order valence-corrected chi connectivity index (χ3v) is 2.76. The quantitative estimate of drug-likeness (QED) is 0.650. The standard InChI is InChI=1S/C11H24N2O/c1-3-11-10-13(8-9-14-11)7-5-6-12-4-2/h11-12H,3-10H2,1-2H3. The molecule has 0 bridgehead atoms. The van der Waals surface area contributed by atoms with E-state index >= 15 is 0 Å². The van der Waals surface area contributed by atoms with Crippen LogP contribution in [-0.2, 0) is 4.74 Å². The van der Waals surface area contributed by atoms with Gasteiger partial charge in [0, 0.05) is 13.1 Å². The van der Waals surface area contributed by atoms with Crippen LogP contribution in [0, 0.1) is 0 Å². The Morgan fingerprint density at radius 3 is 3.00 bits per heavy atom. The van der Waals surface area contributed by atoms with E-state index in [9.17, 15) is 0 Å². The first kappa shape index (κ1) is 12.0. The van der Waals surface area contributed by atoms with Crippen LogP contribution in [0.1, 0.15) is 26.7 Å². The van der Waals surface area contributed by atoms with Crippen molar-refractivity contribution in [2.75, 3.05) is 39.3 Å². The average Bonchev–Trinajstić information content (AvgIpc) is 2.25. The van der Waals surface area contributed by atoms with E-state index < -0.39 is 0 Å². The molecule has 1 rings (SSSR count). The van der Waals surface area contributed by atoms with Crippen LogP contribution >= 0.6 is 0 Å². The van der Waals surface area contributed by atoms with Gasteiger partial charge in [-0.15, -0.1) is 0 Å². The highest BCUT2D eigenvalue weighted by atomic mass is 16.5. The van der Waals surface area contributed by atoms with Gasteiger partial charge in [-0.05, 0) is 32.5 Å². The van der Waals surface area contributed by atoms with E-state index in [1.807, 2.05) is 0 Å². The zero-order valence-corrected chi connectivity index (χ0v) is 9.59. The molecule has 0 aliphatic carbocycles. The maximum absolute atomic E-state index is 5.63. The summed E-state index contributed by atoms with van der Waals surface area (Å²) in [7, 11) is 0. The highest BCUT2D eigenvalue weighted by molar-refractivity contribution is 4.70. The van der Waals surface area contributed by atoms with Gasteiger partial charge in [0.05, 0.1) is 12.7 Å². The van der Waals surface area contributed by atoms with Gasteiger partial charge in [-0.25, -0.2) is 0 Å².